The molecule has 2 N–H and O–H groups in total. The van der Waals surface area contributed by atoms with E-state index >= 15 is 0 Å². The third-order valence-electron chi connectivity index (χ3n) is 4.22. The zero-order chi connectivity index (χ0) is 15.7. The van der Waals surface area contributed by atoms with Crippen LogP contribution in [0.4, 0.5) is 0 Å². The van der Waals surface area contributed by atoms with Crippen molar-refractivity contribution >= 4 is 22.6 Å². The van der Waals surface area contributed by atoms with E-state index in [1.165, 1.54) is 8.61 Å². The number of piperidine rings is 1. The molecule has 2 aliphatic rings. The first-order chi connectivity index (χ1) is 9.71. The Labute approximate surface area is 139 Å². The van der Waals surface area contributed by atoms with Crippen molar-refractivity contribution in [2.24, 2.45) is 11.1 Å². The lowest BCUT2D eigenvalue weighted by Gasteiger charge is -2.39. The molecule has 0 saturated carbocycles. The van der Waals surface area contributed by atoms with E-state index in [1.807, 2.05) is 13.8 Å². The predicted octanol–water partition coefficient (Wildman–Crippen LogP) is 0.409. The van der Waals surface area contributed by atoms with Gasteiger partial charge in [-0.15, -0.1) is 12.4 Å². The van der Waals surface area contributed by atoms with Crippen molar-refractivity contribution < 1.29 is 17.9 Å². The Morgan fingerprint density at radius 2 is 1.73 bits per heavy atom. The molecular weight excluding hydrogens is 330 g/mol. The molecule has 0 bridgehead atoms. The van der Waals surface area contributed by atoms with Crippen LogP contribution in [0.5, 0.6) is 0 Å². The van der Waals surface area contributed by atoms with E-state index in [0.717, 1.165) is 0 Å². The van der Waals surface area contributed by atoms with Gasteiger partial charge in [-0.05, 0) is 12.0 Å². The van der Waals surface area contributed by atoms with Gasteiger partial charge in [0.1, 0.15) is 0 Å². The van der Waals surface area contributed by atoms with E-state index in [1.54, 1.807) is 7.05 Å². The van der Waals surface area contributed by atoms with Crippen LogP contribution >= 0.6 is 12.4 Å². The molecule has 7 nitrogen and oxygen atoms in total. The van der Waals surface area contributed by atoms with Crippen molar-refractivity contribution in [3.05, 3.63) is 0 Å². The van der Waals surface area contributed by atoms with Gasteiger partial charge in [0.15, 0.2) is 5.79 Å². The summed E-state index contributed by atoms with van der Waals surface area (Å²) in [6.07, 6.45) is 1.17. The van der Waals surface area contributed by atoms with Gasteiger partial charge in [-0.3, -0.25) is 0 Å². The lowest BCUT2D eigenvalue weighted by Crippen LogP contribution is -2.52. The maximum atomic E-state index is 12.6. The Balaban J connectivity index is 0.00000242. The van der Waals surface area contributed by atoms with Gasteiger partial charge in [-0.2, -0.15) is 17.0 Å². The Hall–Kier alpha value is 0.0400. The third kappa shape index (κ3) is 4.31. The highest BCUT2D eigenvalue weighted by Gasteiger charge is 2.43. The summed E-state index contributed by atoms with van der Waals surface area (Å²) in [5, 5.41) is 0. The van der Waals surface area contributed by atoms with Crippen LogP contribution in [0, 0.1) is 5.41 Å². The van der Waals surface area contributed by atoms with Gasteiger partial charge in [0, 0.05) is 39.5 Å². The van der Waals surface area contributed by atoms with Crippen molar-refractivity contribution in [2.45, 2.75) is 32.5 Å². The van der Waals surface area contributed by atoms with Gasteiger partial charge in [0.05, 0.1) is 13.2 Å². The van der Waals surface area contributed by atoms with Gasteiger partial charge >= 0.3 is 0 Å². The number of halogens is 1. The minimum atomic E-state index is -3.45. The number of rotatable bonds is 5. The van der Waals surface area contributed by atoms with Crippen LogP contribution in [-0.2, 0) is 19.7 Å². The molecule has 0 radical (unpaired) electrons. The van der Waals surface area contributed by atoms with Crippen molar-refractivity contribution in [3.8, 4) is 0 Å². The molecule has 0 unspecified atom stereocenters. The number of nitrogens with zero attached hydrogens (tertiary/aromatic N) is 2. The average molecular weight is 358 g/mol. The smallest absolute Gasteiger partial charge is 0.281 e. The molecule has 22 heavy (non-hydrogen) atoms. The van der Waals surface area contributed by atoms with Crippen molar-refractivity contribution in [1.82, 2.24) is 8.61 Å². The topological polar surface area (TPSA) is 85.1 Å². The number of ether oxygens (including phenoxy) is 2. The molecule has 0 atom stereocenters. The molecule has 2 fully saturated rings. The molecule has 2 aliphatic heterocycles. The number of hydrogen-bond acceptors (Lipinski definition) is 5. The van der Waals surface area contributed by atoms with Crippen molar-refractivity contribution in [1.29, 1.82) is 0 Å². The molecule has 0 aromatic rings. The highest BCUT2D eigenvalue weighted by molar-refractivity contribution is 7.86. The van der Waals surface area contributed by atoms with Crippen LogP contribution in [0.1, 0.15) is 26.7 Å². The summed E-state index contributed by atoms with van der Waals surface area (Å²) in [7, 11) is -1.84. The van der Waals surface area contributed by atoms with Crippen molar-refractivity contribution in [2.75, 3.05) is 46.4 Å². The van der Waals surface area contributed by atoms with Crippen LogP contribution in [0.15, 0.2) is 0 Å². The molecule has 2 saturated heterocycles. The quantitative estimate of drug-likeness (QED) is 0.770. The summed E-state index contributed by atoms with van der Waals surface area (Å²) in [5.74, 6) is -0.554. The molecule has 0 amide bonds. The van der Waals surface area contributed by atoms with E-state index in [9.17, 15) is 8.42 Å². The zero-order valence-corrected chi connectivity index (χ0v) is 15.2. The Bertz CT molecular complexity index is 456. The Morgan fingerprint density at radius 1 is 1.23 bits per heavy atom. The second kappa shape index (κ2) is 7.29. The second-order valence-electron chi connectivity index (χ2n) is 6.64. The van der Waals surface area contributed by atoms with Crippen LogP contribution in [0.2, 0.25) is 0 Å². The largest absolute Gasteiger partial charge is 0.347 e. The lowest BCUT2D eigenvalue weighted by atomic mass is 9.94. The normalized spacial score (nSPS) is 23.0. The molecular formula is C13H28ClN3O4S. The third-order valence-corrected chi connectivity index (χ3v) is 6.16. The summed E-state index contributed by atoms with van der Waals surface area (Å²) < 4.78 is 39.4. The van der Waals surface area contributed by atoms with Gasteiger partial charge in [0.25, 0.3) is 10.2 Å². The highest BCUT2D eigenvalue weighted by Crippen LogP contribution is 2.32. The molecule has 132 valence electrons. The highest BCUT2D eigenvalue weighted by atomic mass is 35.5. The summed E-state index contributed by atoms with van der Waals surface area (Å²) in [6.45, 7) is 6.81. The SMILES string of the molecule is CN(CC(C)(C)CN)S(=O)(=O)N1CCC2(CC1)OCCO2.Cl. The standard InChI is InChI=1S/C13H27N3O4S.ClH/c1-12(2,10-14)11-15(3)21(17,18)16-6-4-13(5-7-16)19-8-9-20-13;/h4-11,14H2,1-3H3;1H. The molecule has 2 heterocycles. The summed E-state index contributed by atoms with van der Waals surface area (Å²) in [6, 6.07) is 0. The van der Waals surface area contributed by atoms with E-state index in [4.69, 9.17) is 15.2 Å². The van der Waals surface area contributed by atoms with Gasteiger partial charge in [-0.25, -0.2) is 0 Å². The van der Waals surface area contributed by atoms with Gasteiger partial charge < -0.3 is 15.2 Å². The fourth-order valence-corrected chi connectivity index (χ4v) is 4.34. The lowest BCUT2D eigenvalue weighted by molar-refractivity contribution is -0.179. The molecule has 0 aromatic carbocycles. The first-order valence-corrected chi connectivity index (χ1v) is 8.80. The van der Waals surface area contributed by atoms with E-state index < -0.39 is 16.0 Å². The first kappa shape index (κ1) is 20.1. The predicted molar refractivity (Wildman–Crippen MR) is 87.1 cm³/mol. The fourth-order valence-electron chi connectivity index (χ4n) is 2.79. The van der Waals surface area contributed by atoms with Crippen molar-refractivity contribution in [3.63, 3.8) is 0 Å². The summed E-state index contributed by atoms with van der Waals surface area (Å²) in [4.78, 5) is 0. The minimum absolute atomic E-state index is 0. The fraction of sp³-hybridized carbons (Fsp3) is 1.00. The number of nitrogens with two attached hydrogens (primary N) is 1. The first-order valence-electron chi connectivity index (χ1n) is 7.40. The Kier molecular flexibility index (Phi) is 6.66. The summed E-state index contributed by atoms with van der Waals surface area (Å²) >= 11 is 0. The maximum Gasteiger partial charge on any atom is 0.281 e. The molecule has 2 rings (SSSR count). The average Bonchev–Trinajstić information content (AvgIpc) is 2.87. The van der Waals surface area contributed by atoms with Crippen LogP contribution < -0.4 is 5.73 Å². The van der Waals surface area contributed by atoms with Crippen LogP contribution in [0.3, 0.4) is 0 Å². The Morgan fingerprint density at radius 3 is 2.18 bits per heavy atom. The van der Waals surface area contributed by atoms with Gasteiger partial charge in [-0.1, -0.05) is 13.8 Å². The molecule has 0 aromatic heterocycles. The monoisotopic (exact) mass is 357 g/mol. The second-order valence-corrected chi connectivity index (χ2v) is 8.67. The number of hydrogen-bond donors (Lipinski definition) is 1. The molecule has 0 aliphatic carbocycles. The van der Waals surface area contributed by atoms with Gasteiger partial charge in [0.2, 0.25) is 0 Å². The minimum Gasteiger partial charge on any atom is -0.347 e. The van der Waals surface area contributed by atoms with E-state index in [0.29, 0.717) is 52.2 Å². The van der Waals surface area contributed by atoms with Crippen LogP contribution in [0.25, 0.3) is 0 Å². The maximum absolute atomic E-state index is 12.6. The molecule has 9 heteroatoms. The van der Waals surface area contributed by atoms with E-state index in [-0.39, 0.29) is 17.8 Å². The molecule has 1 spiro atoms. The zero-order valence-electron chi connectivity index (χ0n) is 13.6. The van der Waals surface area contributed by atoms with E-state index in [2.05, 4.69) is 0 Å². The van der Waals surface area contributed by atoms with Crippen LogP contribution in [-0.4, -0.2) is 69.3 Å². The summed E-state index contributed by atoms with van der Waals surface area (Å²) in [5.41, 5.74) is 5.45.